The molecule has 2 saturated heterocycles. The molecule has 2 unspecified atom stereocenters. The van der Waals surface area contributed by atoms with E-state index < -0.39 is 0 Å². The summed E-state index contributed by atoms with van der Waals surface area (Å²) in [6, 6.07) is 12.8. The van der Waals surface area contributed by atoms with Crippen LogP contribution >= 0.6 is 0 Å². The number of Topliss-reactive ketones (excluding diaryl/α,β-unsaturated/α-hetero) is 1. The van der Waals surface area contributed by atoms with E-state index in [-0.39, 0.29) is 29.5 Å². The Balaban J connectivity index is 1.81. The highest BCUT2D eigenvalue weighted by molar-refractivity contribution is 6.16. The van der Waals surface area contributed by atoms with Gasteiger partial charge in [-0.15, -0.1) is 0 Å². The van der Waals surface area contributed by atoms with Crippen molar-refractivity contribution in [1.29, 1.82) is 0 Å². The first kappa shape index (κ1) is 16.9. The van der Waals surface area contributed by atoms with E-state index in [0.29, 0.717) is 22.3 Å². The second kappa shape index (κ2) is 6.61. The minimum Gasteiger partial charge on any atom is -0.292 e. The number of halogens is 2. The number of hydrogen-bond donors (Lipinski definition) is 0. The number of carbonyl (C=O) groups excluding carboxylic acids is 1. The van der Waals surface area contributed by atoms with Gasteiger partial charge in [0, 0.05) is 34.4 Å². The molecule has 0 amide bonds. The molecule has 2 aliphatic heterocycles. The highest BCUT2D eigenvalue weighted by atomic mass is 19.1. The average Bonchev–Trinajstić information content (AvgIpc) is 2.94. The predicted octanol–water partition coefficient (Wildman–Crippen LogP) is 4.48. The number of rotatable bonds is 2. The van der Waals surface area contributed by atoms with E-state index in [9.17, 15) is 13.6 Å². The number of ketones is 1. The van der Waals surface area contributed by atoms with Gasteiger partial charge in [0.2, 0.25) is 0 Å². The fourth-order valence-electron chi connectivity index (χ4n) is 4.00. The highest BCUT2D eigenvalue weighted by Gasteiger charge is 2.44. The molecule has 2 atom stereocenters. The topological polar surface area (TPSA) is 20.3 Å². The average molecular weight is 351 g/mol. The third kappa shape index (κ3) is 2.80. The zero-order chi connectivity index (χ0) is 18.3. The van der Waals surface area contributed by atoms with Gasteiger partial charge in [-0.25, -0.2) is 8.78 Å². The molecule has 2 heterocycles. The molecule has 2 nitrogen and oxygen atoms in total. The van der Waals surface area contributed by atoms with Gasteiger partial charge in [0.15, 0.2) is 5.78 Å². The van der Waals surface area contributed by atoms with Crippen molar-refractivity contribution in [2.75, 3.05) is 7.05 Å². The molecule has 26 heavy (non-hydrogen) atoms. The summed E-state index contributed by atoms with van der Waals surface area (Å²) in [7, 11) is 1.97. The molecule has 2 aromatic carbocycles. The number of likely N-dealkylation sites (N-methyl/N-ethyl adjacent to an activating group) is 1. The van der Waals surface area contributed by atoms with Crippen LogP contribution in [0.3, 0.4) is 0 Å². The Labute approximate surface area is 151 Å². The monoisotopic (exact) mass is 351 g/mol. The minimum atomic E-state index is -0.352. The fourth-order valence-corrected chi connectivity index (χ4v) is 4.00. The van der Waals surface area contributed by atoms with E-state index >= 15 is 0 Å². The van der Waals surface area contributed by atoms with Gasteiger partial charge in [-0.05, 0) is 44.2 Å². The summed E-state index contributed by atoms with van der Waals surface area (Å²) in [5.41, 5.74) is 1.96. The van der Waals surface area contributed by atoms with Crippen LogP contribution in [0.25, 0.3) is 12.2 Å². The van der Waals surface area contributed by atoms with Crippen LogP contribution in [0.2, 0.25) is 0 Å². The third-order valence-corrected chi connectivity index (χ3v) is 5.37. The van der Waals surface area contributed by atoms with Crippen molar-refractivity contribution in [3.8, 4) is 0 Å². The summed E-state index contributed by atoms with van der Waals surface area (Å²) in [5.74, 6) is -0.812. The second-order valence-electron chi connectivity index (χ2n) is 6.85. The first-order chi connectivity index (χ1) is 12.6. The zero-order valence-electron chi connectivity index (χ0n) is 14.5. The number of hydrogen-bond acceptors (Lipinski definition) is 2. The summed E-state index contributed by atoms with van der Waals surface area (Å²) in [6.07, 6.45) is 4.97. The lowest BCUT2D eigenvalue weighted by Crippen LogP contribution is -2.43. The van der Waals surface area contributed by atoms with Gasteiger partial charge in [-0.1, -0.05) is 36.4 Å². The smallest absolute Gasteiger partial charge is 0.188 e. The SMILES string of the molecule is CN1C2CCC1/C(=C\c1ccccc1F)C(=O)/C2=C/c1ccccc1F. The Kier molecular flexibility index (Phi) is 4.29. The van der Waals surface area contributed by atoms with Gasteiger partial charge >= 0.3 is 0 Å². The van der Waals surface area contributed by atoms with Crippen molar-refractivity contribution in [2.24, 2.45) is 0 Å². The van der Waals surface area contributed by atoms with Gasteiger partial charge in [0.1, 0.15) is 11.6 Å². The van der Waals surface area contributed by atoms with Crippen molar-refractivity contribution in [1.82, 2.24) is 4.90 Å². The van der Waals surface area contributed by atoms with Crippen LogP contribution in [-0.4, -0.2) is 29.8 Å². The Morgan fingerprint density at radius 3 is 1.69 bits per heavy atom. The fraction of sp³-hybridized carbons (Fsp3) is 0.227. The highest BCUT2D eigenvalue weighted by Crippen LogP contribution is 2.40. The molecule has 4 rings (SSSR count). The van der Waals surface area contributed by atoms with Crippen molar-refractivity contribution in [3.63, 3.8) is 0 Å². The largest absolute Gasteiger partial charge is 0.292 e. The van der Waals surface area contributed by atoms with E-state index in [1.807, 2.05) is 7.05 Å². The lowest BCUT2D eigenvalue weighted by molar-refractivity contribution is -0.114. The lowest BCUT2D eigenvalue weighted by atomic mass is 9.88. The van der Waals surface area contributed by atoms with Gasteiger partial charge in [-0.2, -0.15) is 0 Å². The normalized spacial score (nSPS) is 26.0. The first-order valence-electron chi connectivity index (χ1n) is 8.75. The molecule has 2 bridgehead atoms. The number of nitrogens with zero attached hydrogens (tertiary/aromatic N) is 1. The number of piperidine rings is 1. The molecule has 0 saturated carbocycles. The Morgan fingerprint density at radius 2 is 1.27 bits per heavy atom. The molecule has 0 aliphatic carbocycles. The Hall–Kier alpha value is -2.59. The van der Waals surface area contributed by atoms with Crippen LogP contribution in [0.4, 0.5) is 8.78 Å². The summed E-state index contributed by atoms with van der Waals surface area (Å²) in [6.45, 7) is 0. The standard InChI is InChI=1S/C22H19F2NO/c1-25-20-10-11-21(25)17(13-15-7-3-5-9-19(15)24)22(26)16(20)12-14-6-2-4-8-18(14)23/h2-9,12-13,20-21H,10-11H2,1H3/b16-12+,17-13+. The molecule has 2 aliphatic rings. The Morgan fingerprint density at radius 1 is 0.846 bits per heavy atom. The van der Waals surface area contributed by atoms with Gasteiger partial charge in [0.05, 0.1) is 0 Å². The van der Waals surface area contributed by atoms with Crippen LogP contribution in [0, 0.1) is 11.6 Å². The van der Waals surface area contributed by atoms with Gasteiger partial charge < -0.3 is 0 Å². The summed E-state index contributed by atoms with van der Waals surface area (Å²) >= 11 is 0. The van der Waals surface area contributed by atoms with E-state index in [1.54, 1.807) is 48.6 Å². The maximum absolute atomic E-state index is 14.1. The predicted molar refractivity (Wildman–Crippen MR) is 98.3 cm³/mol. The Bertz CT molecular complexity index is 858. The van der Waals surface area contributed by atoms with E-state index in [0.717, 1.165) is 12.8 Å². The molecule has 0 spiro atoms. The molecule has 0 N–H and O–H groups in total. The number of fused-ring (bicyclic) bond motifs is 2. The summed E-state index contributed by atoms with van der Waals surface area (Å²) in [5, 5.41) is 0. The molecule has 132 valence electrons. The number of carbonyl (C=O) groups is 1. The van der Waals surface area contributed by atoms with Crippen LogP contribution in [-0.2, 0) is 4.79 Å². The van der Waals surface area contributed by atoms with E-state index in [2.05, 4.69) is 4.90 Å². The lowest BCUT2D eigenvalue weighted by Gasteiger charge is -2.34. The molecule has 2 fully saturated rings. The molecule has 2 aromatic rings. The van der Waals surface area contributed by atoms with Gasteiger partial charge in [0.25, 0.3) is 0 Å². The van der Waals surface area contributed by atoms with Crippen LogP contribution in [0.5, 0.6) is 0 Å². The van der Waals surface area contributed by atoms with Crippen LogP contribution < -0.4 is 0 Å². The quantitative estimate of drug-likeness (QED) is 0.744. The van der Waals surface area contributed by atoms with Crippen molar-refractivity contribution in [3.05, 3.63) is 82.4 Å². The van der Waals surface area contributed by atoms with E-state index in [4.69, 9.17) is 0 Å². The minimum absolute atomic E-state index is 0.0233. The number of benzene rings is 2. The van der Waals surface area contributed by atoms with Crippen molar-refractivity contribution >= 4 is 17.9 Å². The molecular weight excluding hydrogens is 332 g/mol. The molecule has 4 heteroatoms. The molecule has 0 aromatic heterocycles. The molecule has 0 radical (unpaired) electrons. The van der Waals surface area contributed by atoms with E-state index in [1.165, 1.54) is 12.1 Å². The molecular formula is C22H19F2NO. The van der Waals surface area contributed by atoms with Crippen LogP contribution in [0.1, 0.15) is 24.0 Å². The third-order valence-electron chi connectivity index (χ3n) is 5.37. The summed E-state index contributed by atoms with van der Waals surface area (Å²) < 4.78 is 28.1. The van der Waals surface area contributed by atoms with Crippen molar-refractivity contribution < 1.29 is 13.6 Å². The second-order valence-corrected chi connectivity index (χ2v) is 6.85. The zero-order valence-corrected chi connectivity index (χ0v) is 14.5. The van der Waals surface area contributed by atoms with Crippen LogP contribution in [0.15, 0.2) is 59.7 Å². The maximum atomic E-state index is 14.1. The van der Waals surface area contributed by atoms with Crippen molar-refractivity contribution in [2.45, 2.75) is 24.9 Å². The maximum Gasteiger partial charge on any atom is 0.188 e. The summed E-state index contributed by atoms with van der Waals surface area (Å²) in [4.78, 5) is 15.3. The first-order valence-corrected chi connectivity index (χ1v) is 8.75. The van der Waals surface area contributed by atoms with Gasteiger partial charge in [-0.3, -0.25) is 9.69 Å².